The molecular formula is C26H27NO3S. The van der Waals surface area contributed by atoms with Crippen molar-refractivity contribution in [3.05, 3.63) is 81.5 Å². The Balaban J connectivity index is 1.42. The van der Waals surface area contributed by atoms with Crippen molar-refractivity contribution in [3.63, 3.8) is 0 Å². The van der Waals surface area contributed by atoms with E-state index >= 15 is 0 Å². The Morgan fingerprint density at radius 3 is 2.26 bits per heavy atom. The first kappa shape index (κ1) is 20.3. The van der Waals surface area contributed by atoms with Crippen LogP contribution in [0.4, 0.5) is 0 Å². The highest BCUT2D eigenvalue weighted by Gasteiger charge is 2.39. The van der Waals surface area contributed by atoms with Crippen LogP contribution < -0.4 is 10.1 Å². The number of hydrogen-bond acceptors (Lipinski definition) is 4. The number of carbonyl (C=O) groups excluding carboxylic acids is 1. The zero-order valence-electron chi connectivity index (χ0n) is 17.6. The summed E-state index contributed by atoms with van der Waals surface area (Å²) in [6.45, 7) is 2.42. The molecule has 5 rings (SSSR count). The summed E-state index contributed by atoms with van der Waals surface area (Å²) in [6, 6.07) is 19.8. The number of rotatable bonds is 5. The molecule has 1 unspecified atom stereocenters. The van der Waals surface area contributed by atoms with Crippen LogP contribution in [-0.2, 0) is 10.2 Å². The van der Waals surface area contributed by atoms with Crippen molar-refractivity contribution in [1.29, 1.82) is 0 Å². The molecule has 2 heterocycles. The van der Waals surface area contributed by atoms with Gasteiger partial charge in [-0.3, -0.25) is 4.79 Å². The number of aliphatic hydroxyl groups excluding tert-OH is 1. The second-order valence-corrected chi connectivity index (χ2v) is 9.81. The maximum Gasteiger partial charge on any atom is 0.232 e. The summed E-state index contributed by atoms with van der Waals surface area (Å²) in [4.78, 5) is 15.8. The minimum atomic E-state index is -0.456. The van der Waals surface area contributed by atoms with E-state index in [1.54, 1.807) is 18.3 Å². The van der Waals surface area contributed by atoms with Crippen molar-refractivity contribution in [2.45, 2.75) is 50.0 Å². The van der Waals surface area contributed by atoms with Crippen LogP contribution in [0.2, 0.25) is 0 Å². The van der Waals surface area contributed by atoms with Crippen LogP contribution in [0.1, 0.15) is 65.5 Å². The predicted octanol–water partition coefficient (Wildman–Crippen LogP) is 5.67. The van der Waals surface area contributed by atoms with Gasteiger partial charge in [0.15, 0.2) is 0 Å². The highest BCUT2D eigenvalue weighted by Crippen LogP contribution is 2.46. The largest absolute Gasteiger partial charge is 0.457 e. The molecule has 5 heteroatoms. The number of aliphatic hydroxyl groups is 1. The van der Waals surface area contributed by atoms with E-state index in [1.165, 1.54) is 17.7 Å². The first-order valence-electron chi connectivity index (χ1n) is 11.0. The number of hydrogen-bond donors (Lipinski definition) is 2. The first-order valence-corrected chi connectivity index (χ1v) is 11.8. The van der Waals surface area contributed by atoms with Gasteiger partial charge >= 0.3 is 0 Å². The van der Waals surface area contributed by atoms with Gasteiger partial charge in [0.1, 0.15) is 11.5 Å². The van der Waals surface area contributed by atoms with Crippen LogP contribution in [0, 0.1) is 0 Å². The van der Waals surface area contributed by atoms with Gasteiger partial charge in [-0.25, -0.2) is 0 Å². The van der Waals surface area contributed by atoms with Crippen molar-refractivity contribution in [3.8, 4) is 11.5 Å². The maximum atomic E-state index is 13.6. The number of para-hydroxylation sites is 2. The molecule has 1 aliphatic heterocycles. The Kier molecular flexibility index (Phi) is 5.32. The zero-order valence-corrected chi connectivity index (χ0v) is 18.5. The van der Waals surface area contributed by atoms with E-state index in [9.17, 15) is 9.90 Å². The fraction of sp³-hybridized carbons (Fsp3) is 0.346. The van der Waals surface area contributed by atoms with Gasteiger partial charge in [0.25, 0.3) is 0 Å². The lowest BCUT2D eigenvalue weighted by Crippen LogP contribution is -2.41. The minimum absolute atomic E-state index is 0.0155. The van der Waals surface area contributed by atoms with Gasteiger partial charge in [0.05, 0.1) is 12.0 Å². The lowest BCUT2D eigenvalue weighted by Gasteiger charge is -2.31. The molecule has 0 bridgehead atoms. The molecule has 31 heavy (non-hydrogen) atoms. The van der Waals surface area contributed by atoms with Crippen molar-refractivity contribution < 1.29 is 14.6 Å². The van der Waals surface area contributed by atoms with Crippen LogP contribution in [0.15, 0.2) is 60.7 Å². The summed E-state index contributed by atoms with van der Waals surface area (Å²) in [7, 11) is 0. The second kappa shape index (κ2) is 8.13. The lowest BCUT2D eigenvalue weighted by atomic mass is 9.83. The SMILES string of the molecule is CC(O)c1ccc(C2(CNC(=O)C3c4ccccc4Oc4ccccc43)CCCC2)s1. The molecule has 0 spiro atoms. The average molecular weight is 434 g/mol. The third kappa shape index (κ3) is 3.66. The van der Waals surface area contributed by atoms with Crippen LogP contribution in [0.25, 0.3) is 0 Å². The number of thiophene rings is 1. The topological polar surface area (TPSA) is 58.6 Å². The second-order valence-electron chi connectivity index (χ2n) is 8.69. The molecule has 1 fully saturated rings. The Morgan fingerprint density at radius 1 is 1.06 bits per heavy atom. The van der Waals surface area contributed by atoms with Crippen LogP contribution in [0.3, 0.4) is 0 Å². The Morgan fingerprint density at radius 2 is 1.68 bits per heavy atom. The summed E-state index contributed by atoms with van der Waals surface area (Å²) in [5.41, 5.74) is 1.77. The highest BCUT2D eigenvalue weighted by molar-refractivity contribution is 7.12. The van der Waals surface area contributed by atoms with Crippen molar-refractivity contribution >= 4 is 17.2 Å². The van der Waals surface area contributed by atoms with Crippen molar-refractivity contribution in [1.82, 2.24) is 5.32 Å². The predicted molar refractivity (Wildman–Crippen MR) is 123 cm³/mol. The Bertz CT molecular complexity index is 1050. The number of fused-ring (bicyclic) bond motifs is 2. The third-order valence-electron chi connectivity index (χ3n) is 6.67. The van der Waals surface area contributed by atoms with E-state index in [0.717, 1.165) is 40.3 Å². The standard InChI is InChI=1S/C26H27NO3S/c1-17(28)22-12-13-23(31-22)26(14-6-7-15-26)16-27-25(29)24-18-8-2-4-10-20(18)30-21-11-5-3-9-19(21)24/h2-5,8-13,17,24,28H,6-7,14-16H2,1H3,(H,27,29). The van der Waals surface area contributed by atoms with E-state index in [-0.39, 0.29) is 17.2 Å². The molecule has 0 saturated heterocycles. The molecule has 1 amide bonds. The highest BCUT2D eigenvalue weighted by atomic mass is 32.1. The number of nitrogens with one attached hydrogen (secondary N) is 1. The quantitative estimate of drug-likeness (QED) is 0.545. The minimum Gasteiger partial charge on any atom is -0.457 e. The Hall–Kier alpha value is -2.63. The molecule has 1 atom stereocenters. The average Bonchev–Trinajstić information content (AvgIpc) is 3.46. The van der Waals surface area contributed by atoms with E-state index in [4.69, 9.17) is 4.74 Å². The molecule has 1 saturated carbocycles. The summed E-state index contributed by atoms with van der Waals surface area (Å²) in [5.74, 6) is 1.13. The number of benzene rings is 2. The molecule has 1 aromatic heterocycles. The van der Waals surface area contributed by atoms with Crippen molar-refractivity contribution in [2.24, 2.45) is 0 Å². The van der Waals surface area contributed by atoms with Gasteiger partial charge in [-0.2, -0.15) is 0 Å². The summed E-state index contributed by atoms with van der Waals surface area (Å²) >= 11 is 1.68. The van der Waals surface area contributed by atoms with Crippen molar-refractivity contribution in [2.75, 3.05) is 6.54 Å². The molecule has 160 valence electrons. The molecule has 4 nitrogen and oxygen atoms in total. The van der Waals surface area contributed by atoms with Crippen LogP contribution >= 0.6 is 11.3 Å². The van der Waals surface area contributed by atoms with E-state index < -0.39 is 6.10 Å². The third-order valence-corrected chi connectivity index (χ3v) is 8.17. The summed E-state index contributed by atoms with van der Waals surface area (Å²) < 4.78 is 6.05. The van der Waals surface area contributed by atoms with E-state index in [0.29, 0.717) is 6.54 Å². The lowest BCUT2D eigenvalue weighted by molar-refractivity contribution is -0.122. The van der Waals surface area contributed by atoms with Crippen LogP contribution in [0.5, 0.6) is 11.5 Å². The molecule has 0 radical (unpaired) electrons. The van der Waals surface area contributed by atoms with E-state index in [2.05, 4.69) is 11.4 Å². The monoisotopic (exact) mass is 433 g/mol. The zero-order chi connectivity index (χ0) is 21.4. The molecular weight excluding hydrogens is 406 g/mol. The molecule has 2 aliphatic rings. The molecule has 2 N–H and O–H groups in total. The van der Waals surface area contributed by atoms with Gasteiger partial charge in [0.2, 0.25) is 5.91 Å². The number of carbonyl (C=O) groups is 1. The molecule has 1 aliphatic carbocycles. The number of ether oxygens (including phenoxy) is 1. The van der Waals surface area contributed by atoms with Gasteiger partial charge in [0, 0.05) is 32.8 Å². The van der Waals surface area contributed by atoms with Gasteiger partial charge in [-0.15, -0.1) is 11.3 Å². The summed E-state index contributed by atoms with van der Waals surface area (Å²) in [5, 5.41) is 13.3. The Labute approximate surface area is 186 Å². The van der Waals surface area contributed by atoms with Crippen LogP contribution in [-0.4, -0.2) is 17.6 Å². The van der Waals surface area contributed by atoms with Gasteiger partial charge in [-0.1, -0.05) is 49.2 Å². The fourth-order valence-electron chi connectivity index (χ4n) is 4.98. The van der Waals surface area contributed by atoms with Gasteiger partial charge < -0.3 is 15.2 Å². The first-order chi connectivity index (χ1) is 15.1. The van der Waals surface area contributed by atoms with E-state index in [1.807, 2.05) is 54.6 Å². The van der Waals surface area contributed by atoms with Gasteiger partial charge in [-0.05, 0) is 44.0 Å². The maximum absolute atomic E-state index is 13.6. The molecule has 2 aromatic carbocycles. The molecule has 3 aromatic rings. The smallest absolute Gasteiger partial charge is 0.232 e. The normalized spacial score (nSPS) is 18.0. The fourth-order valence-corrected chi connectivity index (χ4v) is 6.16. The number of amides is 1. The summed E-state index contributed by atoms with van der Waals surface area (Å²) in [6.07, 6.45) is 4.01.